The monoisotopic (exact) mass is 215 g/mol. The van der Waals surface area contributed by atoms with Crippen molar-refractivity contribution < 1.29 is 8.42 Å². The van der Waals surface area contributed by atoms with Gasteiger partial charge in [0.25, 0.3) is 0 Å². The van der Waals surface area contributed by atoms with Crippen LogP contribution in [0.25, 0.3) is 0 Å². The van der Waals surface area contributed by atoms with E-state index >= 15 is 0 Å². The van der Waals surface area contributed by atoms with E-state index in [4.69, 9.17) is 5.73 Å². The second-order valence-electron chi connectivity index (χ2n) is 2.82. The molecule has 0 bridgehead atoms. The lowest BCUT2D eigenvalue weighted by atomic mass is 10.4. The summed E-state index contributed by atoms with van der Waals surface area (Å²) < 4.78 is 24.0. The van der Waals surface area contributed by atoms with Gasteiger partial charge >= 0.3 is 0 Å². The van der Waals surface area contributed by atoms with Gasteiger partial charge in [0, 0.05) is 7.05 Å². The summed E-state index contributed by atoms with van der Waals surface area (Å²) in [6.07, 6.45) is 1.43. The van der Waals surface area contributed by atoms with E-state index in [1.165, 1.54) is 13.2 Å². The molecule has 1 aromatic heterocycles. The first-order chi connectivity index (χ1) is 6.47. The van der Waals surface area contributed by atoms with Crippen LogP contribution in [0, 0.1) is 0 Å². The molecular weight excluding hydrogens is 202 g/mol. The zero-order valence-electron chi connectivity index (χ0n) is 8.14. The van der Waals surface area contributed by atoms with E-state index in [9.17, 15) is 8.42 Å². The number of pyridine rings is 1. The zero-order chi connectivity index (χ0) is 10.8. The molecule has 78 valence electrons. The highest BCUT2D eigenvalue weighted by molar-refractivity contribution is 7.92. The molecule has 5 nitrogen and oxygen atoms in total. The maximum Gasteiger partial charge on any atom is 0.235 e. The van der Waals surface area contributed by atoms with E-state index in [2.05, 4.69) is 4.98 Å². The standard InChI is InChI=1S/C8H13N3O2S/c1-3-14(12,13)11(2)8-5-4-7(9)6-10-8/h4-6H,3,9H2,1-2H3. The van der Waals surface area contributed by atoms with E-state index in [0.29, 0.717) is 11.5 Å². The molecule has 6 heteroatoms. The number of rotatable bonds is 3. The maximum atomic E-state index is 11.4. The molecule has 2 N–H and O–H groups in total. The smallest absolute Gasteiger partial charge is 0.235 e. The first-order valence-corrected chi connectivity index (χ1v) is 5.76. The third-order valence-electron chi connectivity index (χ3n) is 1.88. The highest BCUT2D eigenvalue weighted by atomic mass is 32.2. The van der Waals surface area contributed by atoms with Crippen LogP contribution in [0.2, 0.25) is 0 Å². The quantitative estimate of drug-likeness (QED) is 0.794. The van der Waals surface area contributed by atoms with E-state index < -0.39 is 10.0 Å². The van der Waals surface area contributed by atoms with Gasteiger partial charge in [0.1, 0.15) is 5.82 Å². The van der Waals surface area contributed by atoms with Crippen LogP contribution in [0.4, 0.5) is 11.5 Å². The van der Waals surface area contributed by atoms with Crippen molar-refractivity contribution in [2.45, 2.75) is 6.92 Å². The Morgan fingerprint density at radius 3 is 2.57 bits per heavy atom. The highest BCUT2D eigenvalue weighted by Gasteiger charge is 2.16. The molecule has 0 saturated heterocycles. The minimum atomic E-state index is -3.23. The molecule has 1 rings (SSSR count). The normalized spacial score (nSPS) is 11.3. The molecule has 1 aromatic rings. The Labute approximate surface area is 83.6 Å². The van der Waals surface area contributed by atoms with Gasteiger partial charge < -0.3 is 5.73 Å². The molecule has 0 aromatic carbocycles. The van der Waals surface area contributed by atoms with Crippen molar-refractivity contribution in [1.29, 1.82) is 0 Å². The molecule has 0 aliphatic rings. The first kappa shape index (κ1) is 10.8. The molecule has 0 saturated carbocycles. The second-order valence-corrected chi connectivity index (χ2v) is 5.11. The van der Waals surface area contributed by atoms with E-state index in [0.717, 1.165) is 4.31 Å². The van der Waals surface area contributed by atoms with Crippen molar-refractivity contribution in [3.63, 3.8) is 0 Å². The van der Waals surface area contributed by atoms with Gasteiger partial charge in [-0.25, -0.2) is 13.4 Å². The molecule has 0 aliphatic heterocycles. The van der Waals surface area contributed by atoms with Crippen LogP contribution < -0.4 is 10.0 Å². The lowest BCUT2D eigenvalue weighted by molar-refractivity contribution is 0.595. The summed E-state index contributed by atoms with van der Waals surface area (Å²) in [5.74, 6) is 0.427. The molecule has 0 fully saturated rings. The minimum Gasteiger partial charge on any atom is -0.397 e. The van der Waals surface area contributed by atoms with E-state index in [-0.39, 0.29) is 5.75 Å². The van der Waals surface area contributed by atoms with Gasteiger partial charge in [-0.3, -0.25) is 4.31 Å². The lowest BCUT2D eigenvalue weighted by Crippen LogP contribution is -2.28. The van der Waals surface area contributed by atoms with Crippen LogP contribution in [0.1, 0.15) is 6.92 Å². The maximum absolute atomic E-state index is 11.4. The fourth-order valence-electron chi connectivity index (χ4n) is 0.920. The molecular formula is C8H13N3O2S. The van der Waals surface area contributed by atoms with Crippen molar-refractivity contribution in [3.8, 4) is 0 Å². The van der Waals surface area contributed by atoms with Gasteiger partial charge in [-0.2, -0.15) is 0 Å². The largest absolute Gasteiger partial charge is 0.397 e. The van der Waals surface area contributed by atoms with Crippen LogP contribution in [-0.2, 0) is 10.0 Å². The van der Waals surface area contributed by atoms with Crippen LogP contribution in [0.5, 0.6) is 0 Å². The van der Waals surface area contributed by atoms with Crippen molar-refractivity contribution >= 4 is 21.5 Å². The van der Waals surface area contributed by atoms with Crippen LogP contribution in [-0.4, -0.2) is 26.2 Å². The Hall–Kier alpha value is -1.30. The number of aromatic nitrogens is 1. The van der Waals surface area contributed by atoms with Gasteiger partial charge in [0.15, 0.2) is 0 Å². The third kappa shape index (κ3) is 2.14. The zero-order valence-corrected chi connectivity index (χ0v) is 8.95. The molecule has 14 heavy (non-hydrogen) atoms. The predicted octanol–water partition coefficient (Wildman–Crippen LogP) is 0.450. The van der Waals surface area contributed by atoms with Gasteiger partial charge in [-0.1, -0.05) is 0 Å². The minimum absolute atomic E-state index is 0.0511. The van der Waals surface area contributed by atoms with Crippen molar-refractivity contribution in [2.75, 3.05) is 22.8 Å². The second kappa shape index (κ2) is 3.83. The average molecular weight is 215 g/mol. The Bertz CT molecular complexity index is 399. The Kier molecular flexibility index (Phi) is 2.95. The molecule has 0 spiro atoms. The van der Waals surface area contributed by atoms with Crippen LogP contribution in [0.3, 0.4) is 0 Å². The van der Waals surface area contributed by atoms with Crippen LogP contribution >= 0.6 is 0 Å². The summed E-state index contributed by atoms with van der Waals surface area (Å²) in [4.78, 5) is 3.91. The summed E-state index contributed by atoms with van der Waals surface area (Å²) in [5, 5.41) is 0. The average Bonchev–Trinajstić information content (AvgIpc) is 2.18. The Morgan fingerprint density at radius 2 is 2.14 bits per heavy atom. The Balaban J connectivity index is 3.01. The van der Waals surface area contributed by atoms with E-state index in [1.807, 2.05) is 0 Å². The summed E-state index contributed by atoms with van der Waals surface area (Å²) >= 11 is 0. The molecule has 0 amide bonds. The Morgan fingerprint density at radius 1 is 1.50 bits per heavy atom. The summed E-state index contributed by atoms with van der Waals surface area (Å²) in [7, 11) is -1.76. The molecule has 0 atom stereocenters. The fraction of sp³-hybridized carbons (Fsp3) is 0.375. The topological polar surface area (TPSA) is 76.3 Å². The number of hydrogen-bond acceptors (Lipinski definition) is 4. The van der Waals surface area contributed by atoms with Crippen molar-refractivity contribution in [1.82, 2.24) is 4.98 Å². The summed E-state index contributed by atoms with van der Waals surface area (Å²) in [6, 6.07) is 3.19. The number of anilines is 2. The number of nitrogens with two attached hydrogens (primary N) is 1. The van der Waals surface area contributed by atoms with Gasteiger partial charge in [-0.15, -0.1) is 0 Å². The molecule has 0 radical (unpaired) electrons. The number of sulfonamides is 1. The molecule has 0 unspecified atom stereocenters. The third-order valence-corrected chi connectivity index (χ3v) is 3.63. The highest BCUT2D eigenvalue weighted by Crippen LogP contribution is 2.13. The van der Waals surface area contributed by atoms with E-state index in [1.54, 1.807) is 19.1 Å². The van der Waals surface area contributed by atoms with Gasteiger partial charge in [0.2, 0.25) is 10.0 Å². The number of nitrogens with zero attached hydrogens (tertiary/aromatic N) is 2. The summed E-state index contributed by atoms with van der Waals surface area (Å²) in [5.41, 5.74) is 5.95. The number of hydrogen-bond donors (Lipinski definition) is 1. The SMILES string of the molecule is CCS(=O)(=O)N(C)c1ccc(N)cn1. The van der Waals surface area contributed by atoms with Crippen molar-refractivity contribution in [3.05, 3.63) is 18.3 Å². The van der Waals surface area contributed by atoms with Gasteiger partial charge in [-0.05, 0) is 19.1 Å². The first-order valence-electron chi connectivity index (χ1n) is 4.15. The van der Waals surface area contributed by atoms with Crippen molar-refractivity contribution in [2.24, 2.45) is 0 Å². The fourth-order valence-corrected chi connectivity index (χ4v) is 1.70. The predicted molar refractivity (Wildman–Crippen MR) is 56.5 cm³/mol. The molecule has 1 heterocycles. The summed E-state index contributed by atoms with van der Waals surface area (Å²) in [6.45, 7) is 1.59. The van der Waals surface area contributed by atoms with Gasteiger partial charge in [0.05, 0.1) is 17.6 Å². The molecule has 0 aliphatic carbocycles. The lowest BCUT2D eigenvalue weighted by Gasteiger charge is -2.16. The number of nitrogen functional groups attached to an aromatic ring is 1. The van der Waals surface area contributed by atoms with Crippen LogP contribution in [0.15, 0.2) is 18.3 Å².